The molecule has 1 aliphatic rings. The molecule has 0 aliphatic heterocycles. The zero-order chi connectivity index (χ0) is 27.1. The van der Waals surface area contributed by atoms with E-state index in [0.717, 1.165) is 58.6 Å². The predicted octanol–water partition coefficient (Wildman–Crippen LogP) is 7.04. The molecule has 0 unspecified atom stereocenters. The summed E-state index contributed by atoms with van der Waals surface area (Å²) in [6, 6.07) is 13.1. The van der Waals surface area contributed by atoms with E-state index in [2.05, 4.69) is 26.6 Å². The zero-order valence-corrected chi connectivity index (χ0v) is 21.0. The van der Waals surface area contributed by atoms with Crippen LogP contribution in [0.3, 0.4) is 0 Å². The smallest absolute Gasteiger partial charge is 0.257 e. The average Bonchev–Trinajstić information content (AvgIpc) is 3.75. The highest BCUT2D eigenvalue weighted by atomic mass is 19.3. The van der Waals surface area contributed by atoms with Crippen molar-refractivity contribution >= 4 is 17.8 Å². The van der Waals surface area contributed by atoms with E-state index < -0.39 is 12.3 Å². The Bertz CT molecular complexity index is 1400. The zero-order valence-electron chi connectivity index (χ0n) is 21.0. The molecule has 4 rings (SSSR count). The molecule has 2 aromatic heterocycles. The first-order chi connectivity index (χ1) is 18.4. The molecular weight excluding hydrogens is 493 g/mol. The largest absolute Gasteiger partial charge is 0.478 e. The minimum Gasteiger partial charge on any atom is -0.478 e. The maximum Gasteiger partial charge on any atom is 0.257 e. The second-order valence-corrected chi connectivity index (χ2v) is 8.80. The van der Waals surface area contributed by atoms with Crippen LogP contribution in [0.5, 0.6) is 5.88 Å². The average molecular weight is 521 g/mol. The number of hydrogen-bond donors (Lipinski definition) is 1. The van der Waals surface area contributed by atoms with Gasteiger partial charge in [0.15, 0.2) is 0 Å². The van der Waals surface area contributed by atoms with Crippen molar-refractivity contribution in [3.05, 3.63) is 83.7 Å². The van der Waals surface area contributed by atoms with Gasteiger partial charge in [-0.25, -0.2) is 13.8 Å². The fourth-order valence-corrected chi connectivity index (χ4v) is 3.95. The third-order valence-electron chi connectivity index (χ3n) is 5.97. The molecule has 1 aliphatic carbocycles. The van der Waals surface area contributed by atoms with E-state index in [4.69, 9.17) is 4.74 Å². The summed E-state index contributed by atoms with van der Waals surface area (Å²) in [4.78, 5) is 21.9. The summed E-state index contributed by atoms with van der Waals surface area (Å²) in [5, 5.41) is 4.99. The van der Waals surface area contributed by atoms with Gasteiger partial charge in [-0.1, -0.05) is 15.8 Å². The number of anilines is 1. The van der Waals surface area contributed by atoms with Crippen molar-refractivity contribution in [1.29, 1.82) is 0 Å². The van der Waals surface area contributed by atoms with Crippen LogP contribution in [-0.2, 0) is 4.79 Å². The maximum absolute atomic E-state index is 12.7. The number of ether oxygens (including phenoxy) is 1. The Hall–Kier alpha value is -4.27. The van der Waals surface area contributed by atoms with Crippen molar-refractivity contribution in [2.24, 2.45) is 5.21 Å². The van der Waals surface area contributed by atoms with Gasteiger partial charge in [-0.05, 0) is 91.9 Å². The Labute approximate surface area is 218 Å². The van der Waals surface area contributed by atoms with E-state index in [1.807, 2.05) is 38.1 Å². The summed E-state index contributed by atoms with van der Waals surface area (Å²) in [5.74, 6) is 0.274. The Morgan fingerprint density at radius 2 is 2.00 bits per heavy atom. The topological polar surface area (TPSA) is 76.5 Å². The van der Waals surface area contributed by atoms with E-state index in [9.17, 15) is 18.1 Å². The Kier molecular flexibility index (Phi) is 8.68. The number of allylic oxidation sites excluding steroid dienone is 2. The van der Waals surface area contributed by atoms with Crippen LogP contribution in [-0.4, -0.2) is 35.1 Å². The van der Waals surface area contributed by atoms with Crippen molar-refractivity contribution in [3.8, 4) is 28.3 Å². The van der Waals surface area contributed by atoms with Crippen molar-refractivity contribution in [3.63, 3.8) is 0 Å². The van der Waals surface area contributed by atoms with Crippen LogP contribution in [0.25, 0.3) is 22.4 Å². The number of carbonyl (C=O) groups excluding carboxylic acids is 1. The number of pyridine rings is 2. The van der Waals surface area contributed by atoms with Crippen LogP contribution >= 0.6 is 0 Å². The first-order valence-electron chi connectivity index (χ1n) is 12.2. The lowest BCUT2D eigenvalue weighted by atomic mass is 9.98. The highest BCUT2D eigenvalue weighted by molar-refractivity contribution is 6.08. The fraction of sp³-hybridized carbons (Fsp3) is 0.241. The molecule has 6 nitrogen and oxygen atoms in total. The Morgan fingerprint density at radius 1 is 1.18 bits per heavy atom. The molecule has 1 aromatic carbocycles. The monoisotopic (exact) mass is 520 g/mol. The molecule has 9 heteroatoms. The van der Waals surface area contributed by atoms with Crippen LogP contribution in [0.2, 0.25) is 0 Å². The van der Waals surface area contributed by atoms with Gasteiger partial charge in [0, 0.05) is 40.7 Å². The van der Waals surface area contributed by atoms with Crippen molar-refractivity contribution in [2.45, 2.75) is 39.0 Å². The summed E-state index contributed by atoms with van der Waals surface area (Å²) >= 11 is 0. The van der Waals surface area contributed by atoms with Crippen LogP contribution in [0.1, 0.15) is 36.9 Å². The van der Waals surface area contributed by atoms with Gasteiger partial charge >= 0.3 is 0 Å². The fourth-order valence-electron chi connectivity index (χ4n) is 3.95. The number of carbonyl (C=O) groups is 1. The number of aryl methyl sites for hydroxylation is 1. The number of halogens is 3. The van der Waals surface area contributed by atoms with Gasteiger partial charge in [0.05, 0.1) is 18.5 Å². The molecule has 0 spiro atoms. The van der Waals surface area contributed by atoms with E-state index >= 15 is 0 Å². The van der Waals surface area contributed by atoms with Gasteiger partial charge in [0.25, 0.3) is 12.3 Å². The second kappa shape index (κ2) is 12.3. The number of alkyl halides is 2. The van der Waals surface area contributed by atoms with Gasteiger partial charge in [0.1, 0.15) is 0 Å². The highest BCUT2D eigenvalue weighted by Gasteiger charge is 2.25. The van der Waals surface area contributed by atoms with Crippen LogP contribution < -0.4 is 10.1 Å². The number of aromatic nitrogens is 2. The third kappa shape index (κ3) is 6.94. The molecule has 1 fully saturated rings. The quantitative estimate of drug-likeness (QED) is 0.177. The number of nitrogens with one attached hydrogen (secondary N) is 1. The SMILES string of the molecule is CCOc1cc(-c2cc(NC(=O)C(/C=C/C(F)F)=C/C=N\F)ccc2C)cc(-c2ccnc(C3CC3)c2)n1. The van der Waals surface area contributed by atoms with Gasteiger partial charge in [-0.2, -0.15) is 0 Å². The first kappa shape index (κ1) is 26.8. The number of amides is 1. The number of hydrogen-bond acceptors (Lipinski definition) is 5. The molecule has 0 saturated heterocycles. The lowest BCUT2D eigenvalue weighted by molar-refractivity contribution is -0.112. The summed E-state index contributed by atoms with van der Waals surface area (Å²) in [6.45, 7) is 4.26. The lowest BCUT2D eigenvalue weighted by Crippen LogP contribution is -2.14. The molecule has 2 heterocycles. The highest BCUT2D eigenvalue weighted by Crippen LogP contribution is 2.40. The Morgan fingerprint density at radius 3 is 2.71 bits per heavy atom. The molecule has 196 valence electrons. The Balaban J connectivity index is 1.69. The predicted molar refractivity (Wildman–Crippen MR) is 142 cm³/mol. The lowest BCUT2D eigenvalue weighted by Gasteiger charge is -2.14. The molecule has 0 bridgehead atoms. The third-order valence-corrected chi connectivity index (χ3v) is 5.97. The summed E-state index contributed by atoms with van der Waals surface area (Å²) in [6.07, 6.45) is 4.50. The number of nitrogens with zero attached hydrogens (tertiary/aromatic N) is 3. The first-order valence-corrected chi connectivity index (χ1v) is 12.2. The van der Waals surface area contributed by atoms with Gasteiger partial charge < -0.3 is 10.1 Å². The van der Waals surface area contributed by atoms with Crippen molar-refractivity contribution < 1.29 is 22.8 Å². The molecule has 3 aromatic rings. The minimum atomic E-state index is -2.76. The molecule has 0 radical (unpaired) electrons. The van der Waals surface area contributed by atoms with E-state index in [-0.39, 0.29) is 5.57 Å². The summed E-state index contributed by atoms with van der Waals surface area (Å²) in [5.41, 5.74) is 5.56. The molecule has 38 heavy (non-hydrogen) atoms. The van der Waals surface area contributed by atoms with Crippen molar-refractivity contribution in [1.82, 2.24) is 9.97 Å². The summed E-state index contributed by atoms with van der Waals surface area (Å²) < 4.78 is 43.2. The molecular formula is C29H27F3N4O2. The van der Waals surface area contributed by atoms with Gasteiger partial charge in [-0.15, -0.1) is 0 Å². The number of rotatable bonds is 10. The van der Waals surface area contributed by atoms with Gasteiger partial charge in [-0.3, -0.25) is 9.78 Å². The maximum atomic E-state index is 12.7. The summed E-state index contributed by atoms with van der Waals surface area (Å²) in [7, 11) is 0. The standard InChI is InChI=1S/C29H27F3N4O2/c1-3-38-28-16-22(15-26(36-28)21-10-12-33-25(14-21)19-5-6-19)24-17-23(8-4-18(24)2)35-29(37)20(11-13-34-32)7-9-27(30)31/h4,7-17,19,27H,3,5-6H2,1-2H3,(H,35,37)/b9-7+,20-11+,34-13-. The molecule has 1 saturated carbocycles. The van der Waals surface area contributed by atoms with Crippen LogP contribution in [0.15, 0.2) is 77.7 Å². The normalized spacial score (nSPS) is 14.0. The molecule has 0 atom stereocenters. The van der Waals surface area contributed by atoms with E-state index in [0.29, 0.717) is 36.4 Å². The minimum absolute atomic E-state index is 0.178. The molecule has 1 N–H and O–H groups in total. The van der Waals surface area contributed by atoms with Crippen LogP contribution in [0, 0.1) is 6.92 Å². The second-order valence-electron chi connectivity index (χ2n) is 8.80. The van der Waals surface area contributed by atoms with Crippen LogP contribution in [0.4, 0.5) is 18.9 Å². The van der Waals surface area contributed by atoms with Crippen molar-refractivity contribution in [2.75, 3.05) is 11.9 Å². The molecule has 1 amide bonds. The van der Waals surface area contributed by atoms with E-state index in [1.54, 1.807) is 18.3 Å². The van der Waals surface area contributed by atoms with E-state index in [1.165, 1.54) is 0 Å². The van der Waals surface area contributed by atoms with Gasteiger partial charge in [0.2, 0.25) is 5.88 Å². The number of benzene rings is 1.